The molecule has 0 amide bonds. The summed E-state index contributed by atoms with van der Waals surface area (Å²) < 4.78 is 29.7. The number of aromatic nitrogens is 6. The molecule has 12 heteroatoms. The molecule has 1 unspecified atom stereocenters. The largest absolute Gasteiger partial charge is 0.360 e. The maximum Gasteiger partial charge on any atom is 0.266 e. The molecule has 1 aromatic carbocycles. The van der Waals surface area contributed by atoms with Crippen molar-refractivity contribution in [1.82, 2.24) is 29.3 Å². The maximum atomic E-state index is 14.0. The second-order valence-corrected chi connectivity index (χ2v) is 8.54. The number of benzene rings is 1. The third-order valence-electron chi connectivity index (χ3n) is 4.67. The Morgan fingerprint density at radius 3 is 2.74 bits per heavy atom. The zero-order chi connectivity index (χ0) is 21.7. The number of hydrogen-bond acceptors (Lipinski definition) is 7. The van der Waals surface area contributed by atoms with Crippen molar-refractivity contribution in [3.05, 3.63) is 67.6 Å². The Hall–Kier alpha value is -3.00. The van der Waals surface area contributed by atoms with E-state index in [9.17, 15) is 13.6 Å². The number of anilines is 1. The molecule has 156 valence electrons. The summed E-state index contributed by atoms with van der Waals surface area (Å²) in [7, 11) is 0. The minimum Gasteiger partial charge on any atom is -0.360 e. The number of hydrogen-bond donors (Lipinski definition) is 2. The number of aromatic amines is 1. The molecule has 0 fully saturated rings. The zero-order valence-corrected chi connectivity index (χ0v) is 18.7. The average Bonchev–Trinajstić information content (AvgIpc) is 3.36. The van der Waals surface area contributed by atoms with Crippen LogP contribution in [0.25, 0.3) is 27.3 Å². The van der Waals surface area contributed by atoms with Crippen molar-refractivity contribution in [1.29, 1.82) is 0 Å². The number of rotatable bonds is 4. The molecule has 0 aliphatic rings. The van der Waals surface area contributed by atoms with Crippen molar-refractivity contribution in [2.75, 3.05) is 5.32 Å². The van der Waals surface area contributed by atoms with Crippen molar-refractivity contribution in [2.45, 2.75) is 13.0 Å². The Morgan fingerprint density at radius 1 is 1.19 bits per heavy atom. The molecule has 31 heavy (non-hydrogen) atoms. The van der Waals surface area contributed by atoms with Crippen LogP contribution in [0.15, 0.2) is 40.9 Å². The lowest BCUT2D eigenvalue weighted by Crippen LogP contribution is -2.22. The molecule has 4 aromatic heterocycles. The van der Waals surface area contributed by atoms with Crippen molar-refractivity contribution in [3.63, 3.8) is 0 Å². The highest BCUT2D eigenvalue weighted by Gasteiger charge is 2.22. The quantitative estimate of drug-likeness (QED) is 0.257. The summed E-state index contributed by atoms with van der Waals surface area (Å²) in [4.78, 5) is 34.1. The molecule has 5 aromatic rings. The van der Waals surface area contributed by atoms with Gasteiger partial charge in [-0.05, 0) is 24.6 Å². The molecule has 0 bridgehead atoms. The van der Waals surface area contributed by atoms with Crippen LogP contribution in [0.2, 0.25) is 0 Å². The maximum absolute atomic E-state index is 14.0. The normalized spacial score (nSPS) is 12.5. The number of halogens is 3. The van der Waals surface area contributed by atoms with E-state index in [0.29, 0.717) is 31.5 Å². The Kier molecular flexibility index (Phi) is 4.89. The van der Waals surface area contributed by atoms with Gasteiger partial charge in [0.25, 0.3) is 5.56 Å². The van der Waals surface area contributed by atoms with E-state index in [1.54, 1.807) is 18.5 Å². The van der Waals surface area contributed by atoms with Gasteiger partial charge in [-0.1, -0.05) is 0 Å². The van der Waals surface area contributed by atoms with Gasteiger partial charge in [-0.2, -0.15) is 0 Å². The van der Waals surface area contributed by atoms with Crippen LogP contribution >= 0.6 is 33.9 Å². The molecule has 0 saturated heterocycles. The van der Waals surface area contributed by atoms with E-state index in [1.165, 1.54) is 22.1 Å². The van der Waals surface area contributed by atoms with E-state index in [-0.39, 0.29) is 11.1 Å². The van der Waals surface area contributed by atoms with Crippen LogP contribution in [0.5, 0.6) is 0 Å². The fourth-order valence-corrected chi connectivity index (χ4v) is 4.55. The summed E-state index contributed by atoms with van der Waals surface area (Å²) >= 11 is 3.27. The molecular formula is C19H12F2IN7OS. The number of nitrogens with one attached hydrogen (secondary N) is 2. The number of fused-ring (bicyclic) bond motifs is 2. The Labute approximate surface area is 190 Å². The molecule has 2 N–H and O–H groups in total. The number of imidazole rings is 1. The Morgan fingerprint density at radius 2 is 1.97 bits per heavy atom. The molecule has 8 nitrogen and oxygen atoms in total. The van der Waals surface area contributed by atoms with Crippen molar-refractivity contribution < 1.29 is 8.78 Å². The minimum absolute atomic E-state index is 0.110. The van der Waals surface area contributed by atoms with Gasteiger partial charge < -0.3 is 10.3 Å². The second kappa shape index (κ2) is 7.60. The van der Waals surface area contributed by atoms with Gasteiger partial charge in [-0.15, -0.1) is 11.3 Å². The first-order valence-corrected chi connectivity index (χ1v) is 11.0. The monoisotopic (exact) mass is 551 g/mol. The predicted molar refractivity (Wildman–Crippen MR) is 121 cm³/mol. The van der Waals surface area contributed by atoms with Gasteiger partial charge in [-0.25, -0.2) is 28.7 Å². The van der Waals surface area contributed by atoms with Gasteiger partial charge >= 0.3 is 0 Å². The van der Waals surface area contributed by atoms with Gasteiger partial charge in [0.15, 0.2) is 20.3 Å². The van der Waals surface area contributed by atoms with Crippen molar-refractivity contribution in [3.8, 4) is 11.1 Å². The van der Waals surface area contributed by atoms with Crippen molar-refractivity contribution in [2.24, 2.45) is 0 Å². The fraction of sp³-hybridized carbons (Fsp3) is 0.105. The van der Waals surface area contributed by atoms with Crippen LogP contribution in [0, 0.1) is 15.5 Å². The SMILES string of the molecule is CC(Nc1nc(I)nc2nc[nH]c12)c1nc2sccn2c(=O)c1-c1cc(F)cc(F)c1. The first kappa shape index (κ1) is 19.9. The molecule has 0 aliphatic heterocycles. The minimum atomic E-state index is -0.777. The molecule has 0 radical (unpaired) electrons. The molecule has 0 spiro atoms. The van der Waals surface area contributed by atoms with Gasteiger partial charge in [-0.3, -0.25) is 9.20 Å². The molecule has 0 saturated carbocycles. The number of nitrogens with zero attached hydrogens (tertiary/aromatic N) is 5. The Balaban J connectivity index is 1.69. The van der Waals surface area contributed by atoms with Gasteiger partial charge in [0.1, 0.15) is 17.2 Å². The Bertz CT molecular complexity index is 1490. The number of thiazole rings is 1. The summed E-state index contributed by atoms with van der Waals surface area (Å²) in [6.45, 7) is 1.79. The average molecular weight is 551 g/mol. The van der Waals surface area contributed by atoms with E-state index in [2.05, 4.69) is 30.2 Å². The lowest BCUT2D eigenvalue weighted by molar-refractivity contribution is 0.584. The summed E-state index contributed by atoms with van der Waals surface area (Å²) in [6.07, 6.45) is 3.09. The highest BCUT2D eigenvalue weighted by Crippen LogP contribution is 2.29. The van der Waals surface area contributed by atoms with Crippen molar-refractivity contribution >= 4 is 55.9 Å². The molecule has 1 atom stereocenters. The first-order valence-electron chi connectivity index (χ1n) is 9.00. The zero-order valence-electron chi connectivity index (χ0n) is 15.7. The van der Waals surface area contributed by atoms with E-state index in [0.717, 1.165) is 18.2 Å². The van der Waals surface area contributed by atoms with Crippen LogP contribution in [0.4, 0.5) is 14.6 Å². The first-order chi connectivity index (χ1) is 14.9. The third-order valence-corrected chi connectivity index (χ3v) is 5.91. The number of H-pyrrole nitrogens is 1. The van der Waals surface area contributed by atoms with E-state index in [1.807, 2.05) is 22.6 Å². The summed E-state index contributed by atoms with van der Waals surface area (Å²) in [5.74, 6) is -1.08. The smallest absolute Gasteiger partial charge is 0.266 e. The summed E-state index contributed by atoms with van der Waals surface area (Å²) in [6, 6.07) is 2.48. The highest BCUT2D eigenvalue weighted by atomic mass is 127. The molecular weight excluding hydrogens is 539 g/mol. The topological polar surface area (TPSA) is 101 Å². The summed E-state index contributed by atoms with van der Waals surface area (Å²) in [5.41, 5.74) is 1.24. The van der Waals surface area contributed by atoms with Crippen LogP contribution in [0.1, 0.15) is 18.7 Å². The van der Waals surface area contributed by atoms with Crippen LogP contribution in [0.3, 0.4) is 0 Å². The molecule has 4 heterocycles. The molecule has 5 rings (SSSR count). The van der Waals surface area contributed by atoms with Gasteiger partial charge in [0, 0.05) is 40.2 Å². The fourth-order valence-electron chi connectivity index (χ4n) is 3.36. The van der Waals surface area contributed by atoms with E-state index >= 15 is 0 Å². The standard InChI is InChI=1S/C19H12F2IN7OS/c1-8(25-16-14-15(24-7-23-14)27-18(22)28-16)13-12(9-4-10(20)6-11(21)5-9)17(30)29-2-3-31-19(29)26-13/h2-8H,1H3,(H2,23,24,25,27,28). The van der Waals surface area contributed by atoms with Gasteiger partial charge in [0.05, 0.1) is 23.6 Å². The summed E-state index contributed by atoms with van der Waals surface area (Å²) in [5, 5.41) is 4.96. The lowest BCUT2D eigenvalue weighted by atomic mass is 10.0. The van der Waals surface area contributed by atoms with E-state index < -0.39 is 23.2 Å². The highest BCUT2D eigenvalue weighted by molar-refractivity contribution is 14.1. The van der Waals surface area contributed by atoms with Crippen LogP contribution in [-0.4, -0.2) is 29.3 Å². The lowest BCUT2D eigenvalue weighted by Gasteiger charge is -2.18. The van der Waals surface area contributed by atoms with Gasteiger partial charge in [0.2, 0.25) is 0 Å². The van der Waals surface area contributed by atoms with Crippen LogP contribution in [-0.2, 0) is 0 Å². The second-order valence-electron chi connectivity index (χ2n) is 6.70. The predicted octanol–water partition coefficient (Wildman–Crippen LogP) is 4.15. The molecule has 0 aliphatic carbocycles. The van der Waals surface area contributed by atoms with Crippen LogP contribution < -0.4 is 10.9 Å². The van der Waals surface area contributed by atoms with E-state index in [4.69, 9.17) is 0 Å². The third kappa shape index (κ3) is 3.54.